The van der Waals surface area contributed by atoms with Gasteiger partial charge in [0.1, 0.15) is 11.8 Å². The van der Waals surface area contributed by atoms with Crippen LogP contribution in [0.3, 0.4) is 0 Å². The van der Waals surface area contributed by atoms with Gasteiger partial charge in [-0.1, -0.05) is 5.21 Å². The molecule has 2 N–H and O–H groups in total. The highest BCUT2D eigenvalue weighted by Crippen LogP contribution is 2.17. The Kier molecular flexibility index (Phi) is 5.29. The number of hydrogen-bond acceptors (Lipinski definition) is 5. The molecule has 1 aromatic heterocycles. The number of nitrogens with one attached hydrogen (secondary N) is 1. The summed E-state index contributed by atoms with van der Waals surface area (Å²) < 4.78 is 6.64. The number of carboxylic acid groups (broad SMARTS) is 1. The van der Waals surface area contributed by atoms with Crippen molar-refractivity contribution in [1.82, 2.24) is 15.0 Å². The Bertz CT molecular complexity index is 681. The molecule has 122 valence electrons. The Hall–Kier alpha value is -2.90. The molecular formula is C15H18N4O4. The molecule has 8 heteroatoms. The number of hydrogen-bond donors (Lipinski definition) is 2. The molecule has 2 rings (SSSR count). The van der Waals surface area contributed by atoms with Gasteiger partial charge in [0, 0.05) is 5.69 Å². The Morgan fingerprint density at radius 3 is 2.65 bits per heavy atom. The number of ether oxygens (including phenoxy) is 1. The minimum atomic E-state index is -1.01. The maximum atomic E-state index is 12.3. The van der Waals surface area contributed by atoms with Crippen molar-refractivity contribution in [3.05, 3.63) is 36.2 Å². The predicted molar refractivity (Wildman–Crippen MR) is 82.3 cm³/mol. The van der Waals surface area contributed by atoms with E-state index in [1.165, 1.54) is 10.9 Å². The first-order valence-electron chi connectivity index (χ1n) is 7.15. The summed E-state index contributed by atoms with van der Waals surface area (Å²) in [5, 5.41) is 19.1. The van der Waals surface area contributed by atoms with Crippen LogP contribution in [0, 0.1) is 0 Å². The lowest BCUT2D eigenvalue weighted by Gasteiger charge is -2.14. The predicted octanol–water partition coefficient (Wildman–Crippen LogP) is 1.50. The Morgan fingerprint density at radius 2 is 2.04 bits per heavy atom. The maximum Gasteiger partial charge on any atom is 0.309 e. The number of amides is 1. The number of carbonyl (C=O) groups is 2. The zero-order valence-electron chi connectivity index (χ0n) is 12.9. The number of benzene rings is 1. The third kappa shape index (κ3) is 4.29. The van der Waals surface area contributed by atoms with Gasteiger partial charge in [0.25, 0.3) is 0 Å². The van der Waals surface area contributed by atoms with E-state index in [-0.39, 0.29) is 12.3 Å². The molecule has 0 aliphatic heterocycles. The Balaban J connectivity index is 2.05. The molecule has 0 aliphatic carbocycles. The molecule has 2 aromatic rings. The van der Waals surface area contributed by atoms with Gasteiger partial charge in [-0.2, -0.15) is 0 Å². The van der Waals surface area contributed by atoms with Crippen LogP contribution in [0.5, 0.6) is 5.75 Å². The Morgan fingerprint density at radius 1 is 1.35 bits per heavy atom. The number of aromatic nitrogens is 3. The molecular weight excluding hydrogens is 300 g/mol. The van der Waals surface area contributed by atoms with E-state index in [9.17, 15) is 9.59 Å². The number of rotatable bonds is 7. The third-order valence-corrected chi connectivity index (χ3v) is 3.16. The monoisotopic (exact) mass is 318 g/mol. The summed E-state index contributed by atoms with van der Waals surface area (Å²) in [7, 11) is 0. The van der Waals surface area contributed by atoms with Crippen LogP contribution in [0.1, 0.15) is 25.6 Å². The fraction of sp³-hybridized carbons (Fsp3) is 0.333. The second-order valence-corrected chi connectivity index (χ2v) is 4.86. The van der Waals surface area contributed by atoms with Crippen LogP contribution < -0.4 is 10.1 Å². The van der Waals surface area contributed by atoms with Crippen molar-refractivity contribution in [3.63, 3.8) is 0 Å². The molecule has 0 radical (unpaired) electrons. The van der Waals surface area contributed by atoms with Gasteiger partial charge in [-0.15, -0.1) is 5.10 Å². The van der Waals surface area contributed by atoms with E-state index < -0.39 is 12.0 Å². The first kappa shape index (κ1) is 16.5. The molecule has 1 amide bonds. The molecule has 1 heterocycles. The number of nitrogens with zero attached hydrogens (tertiary/aromatic N) is 3. The van der Waals surface area contributed by atoms with Crippen LogP contribution in [0.15, 0.2) is 30.5 Å². The third-order valence-electron chi connectivity index (χ3n) is 3.16. The fourth-order valence-electron chi connectivity index (χ4n) is 2.03. The summed E-state index contributed by atoms with van der Waals surface area (Å²) in [4.78, 5) is 23.1. The molecule has 1 aromatic carbocycles. The van der Waals surface area contributed by atoms with Crippen LogP contribution in [0.2, 0.25) is 0 Å². The highest BCUT2D eigenvalue weighted by atomic mass is 16.5. The number of anilines is 1. The lowest BCUT2D eigenvalue weighted by Crippen LogP contribution is -2.26. The minimum absolute atomic E-state index is 0.242. The first-order valence-corrected chi connectivity index (χ1v) is 7.15. The summed E-state index contributed by atoms with van der Waals surface area (Å²) in [6.45, 7) is 4.09. The molecule has 1 atom stereocenters. The second-order valence-electron chi connectivity index (χ2n) is 4.86. The van der Waals surface area contributed by atoms with E-state index in [1.807, 2.05) is 6.92 Å². The molecule has 0 aliphatic rings. The zero-order chi connectivity index (χ0) is 16.8. The average molecular weight is 318 g/mol. The topological polar surface area (TPSA) is 106 Å². The van der Waals surface area contributed by atoms with Gasteiger partial charge >= 0.3 is 5.97 Å². The quantitative estimate of drug-likeness (QED) is 0.801. The SMILES string of the molecule is CCOc1ccc(NC(=O)C(C)n2nncc2CC(=O)O)cc1. The van der Waals surface area contributed by atoms with Gasteiger partial charge in [0.15, 0.2) is 0 Å². The zero-order valence-corrected chi connectivity index (χ0v) is 12.9. The summed E-state index contributed by atoms with van der Waals surface area (Å²) in [5.74, 6) is -0.600. The van der Waals surface area contributed by atoms with E-state index in [0.29, 0.717) is 18.0 Å². The van der Waals surface area contributed by atoms with E-state index in [1.54, 1.807) is 31.2 Å². The van der Waals surface area contributed by atoms with Gasteiger partial charge in [-0.3, -0.25) is 9.59 Å². The maximum absolute atomic E-state index is 12.3. The van der Waals surface area contributed by atoms with Crippen LogP contribution in [0.25, 0.3) is 0 Å². The van der Waals surface area contributed by atoms with Gasteiger partial charge < -0.3 is 15.2 Å². The lowest BCUT2D eigenvalue weighted by atomic mass is 10.2. The van der Waals surface area contributed by atoms with Crippen molar-refractivity contribution in [2.75, 3.05) is 11.9 Å². The van der Waals surface area contributed by atoms with Gasteiger partial charge in [0.2, 0.25) is 5.91 Å². The largest absolute Gasteiger partial charge is 0.494 e. The molecule has 0 saturated carbocycles. The summed E-state index contributed by atoms with van der Waals surface area (Å²) >= 11 is 0. The summed E-state index contributed by atoms with van der Waals surface area (Å²) in [5.41, 5.74) is 0.983. The lowest BCUT2D eigenvalue weighted by molar-refractivity contribution is -0.136. The molecule has 0 saturated heterocycles. The van der Waals surface area contributed by atoms with E-state index >= 15 is 0 Å². The summed E-state index contributed by atoms with van der Waals surface area (Å²) in [6.07, 6.45) is 1.10. The van der Waals surface area contributed by atoms with Crippen LogP contribution in [-0.2, 0) is 16.0 Å². The van der Waals surface area contributed by atoms with Crippen molar-refractivity contribution in [3.8, 4) is 5.75 Å². The molecule has 23 heavy (non-hydrogen) atoms. The highest BCUT2D eigenvalue weighted by Gasteiger charge is 2.20. The van der Waals surface area contributed by atoms with E-state index in [2.05, 4.69) is 15.6 Å². The molecule has 8 nitrogen and oxygen atoms in total. The minimum Gasteiger partial charge on any atom is -0.494 e. The fourth-order valence-corrected chi connectivity index (χ4v) is 2.03. The van der Waals surface area contributed by atoms with Crippen molar-refractivity contribution in [2.45, 2.75) is 26.3 Å². The number of carbonyl (C=O) groups excluding carboxylic acids is 1. The molecule has 0 spiro atoms. The second kappa shape index (κ2) is 7.39. The van der Waals surface area contributed by atoms with E-state index in [0.717, 1.165) is 5.75 Å². The highest BCUT2D eigenvalue weighted by molar-refractivity contribution is 5.93. The average Bonchev–Trinajstić information content (AvgIpc) is 2.96. The van der Waals surface area contributed by atoms with Gasteiger partial charge in [-0.25, -0.2) is 4.68 Å². The van der Waals surface area contributed by atoms with Crippen LogP contribution in [0.4, 0.5) is 5.69 Å². The standard InChI is InChI=1S/C15H18N4O4/c1-3-23-13-6-4-11(5-7-13)17-15(22)10(2)19-12(8-14(20)21)9-16-18-19/h4-7,9-10H,3,8H2,1-2H3,(H,17,22)(H,20,21). The van der Waals surface area contributed by atoms with Gasteiger partial charge in [0.05, 0.1) is 24.9 Å². The van der Waals surface area contributed by atoms with Crippen LogP contribution in [-0.4, -0.2) is 38.6 Å². The Labute approximate surface area is 133 Å². The normalized spacial score (nSPS) is 11.7. The summed E-state index contributed by atoms with van der Waals surface area (Å²) in [6, 6.07) is 6.30. The van der Waals surface area contributed by atoms with Crippen molar-refractivity contribution >= 4 is 17.6 Å². The first-order chi connectivity index (χ1) is 11.0. The number of aliphatic carboxylic acids is 1. The number of carboxylic acids is 1. The smallest absolute Gasteiger partial charge is 0.309 e. The van der Waals surface area contributed by atoms with Crippen molar-refractivity contribution in [2.24, 2.45) is 0 Å². The molecule has 0 fully saturated rings. The van der Waals surface area contributed by atoms with Crippen LogP contribution >= 0.6 is 0 Å². The molecule has 0 bridgehead atoms. The van der Waals surface area contributed by atoms with E-state index in [4.69, 9.17) is 9.84 Å². The van der Waals surface area contributed by atoms with Crippen molar-refractivity contribution < 1.29 is 19.4 Å². The molecule has 1 unspecified atom stereocenters. The van der Waals surface area contributed by atoms with Crippen molar-refractivity contribution in [1.29, 1.82) is 0 Å². The van der Waals surface area contributed by atoms with Gasteiger partial charge in [-0.05, 0) is 38.1 Å².